The highest BCUT2D eigenvalue weighted by molar-refractivity contribution is 7.62. The van der Waals surface area contributed by atoms with Crippen LogP contribution in [0, 0.1) is 12.3 Å². The van der Waals surface area contributed by atoms with Crippen LogP contribution in [0.25, 0.3) is 0 Å². The van der Waals surface area contributed by atoms with Crippen LogP contribution in [-0.2, 0) is 9.30 Å². The van der Waals surface area contributed by atoms with Gasteiger partial charge in [0.05, 0.1) is 13.7 Å². The fourth-order valence-corrected chi connectivity index (χ4v) is 1.09. The summed E-state index contributed by atoms with van der Waals surface area (Å²) in [5, 5.41) is 0. The van der Waals surface area contributed by atoms with Gasteiger partial charge < -0.3 is 9.30 Å². The van der Waals surface area contributed by atoms with E-state index in [0.717, 1.165) is 0 Å². The minimum Gasteiger partial charge on any atom is -0.362 e. The lowest BCUT2D eigenvalue weighted by Crippen LogP contribution is -2.23. The molecule has 12 heavy (non-hydrogen) atoms. The molecule has 0 bridgehead atoms. The standard InChI is InChI=1S/C9H17O2P/c1-6-9(2,3)11-7-8-12(4,5)10/h1H,7-8H2,2-5H3. The Labute approximate surface area is 75.1 Å². The van der Waals surface area contributed by atoms with Gasteiger partial charge in [0, 0.05) is 6.16 Å². The van der Waals surface area contributed by atoms with Crippen molar-refractivity contribution >= 4 is 7.14 Å². The van der Waals surface area contributed by atoms with Gasteiger partial charge in [0.1, 0.15) is 5.60 Å². The Bertz CT molecular complexity index is 219. The second-order valence-electron chi connectivity index (χ2n) is 3.80. The summed E-state index contributed by atoms with van der Waals surface area (Å²) in [4.78, 5) is 0. The van der Waals surface area contributed by atoms with E-state index < -0.39 is 12.7 Å². The third kappa shape index (κ3) is 6.46. The van der Waals surface area contributed by atoms with E-state index in [4.69, 9.17) is 11.2 Å². The molecule has 0 aliphatic heterocycles. The molecule has 2 nitrogen and oxygen atoms in total. The Morgan fingerprint density at radius 1 is 1.50 bits per heavy atom. The van der Waals surface area contributed by atoms with E-state index >= 15 is 0 Å². The van der Waals surface area contributed by atoms with Gasteiger partial charge >= 0.3 is 0 Å². The highest BCUT2D eigenvalue weighted by atomic mass is 31.2. The van der Waals surface area contributed by atoms with Crippen molar-refractivity contribution in [3.05, 3.63) is 0 Å². The lowest BCUT2D eigenvalue weighted by molar-refractivity contribution is 0.0374. The molecule has 0 aliphatic rings. The van der Waals surface area contributed by atoms with Gasteiger partial charge in [0.15, 0.2) is 0 Å². The average Bonchev–Trinajstić information content (AvgIpc) is 1.84. The quantitative estimate of drug-likeness (QED) is 0.498. The average molecular weight is 188 g/mol. The van der Waals surface area contributed by atoms with Crippen molar-refractivity contribution in [1.82, 2.24) is 0 Å². The van der Waals surface area contributed by atoms with Crippen LogP contribution in [0.4, 0.5) is 0 Å². The zero-order valence-electron chi connectivity index (χ0n) is 8.26. The van der Waals surface area contributed by atoms with Gasteiger partial charge in [-0.1, -0.05) is 5.92 Å². The first-order valence-corrected chi connectivity index (χ1v) is 6.71. The summed E-state index contributed by atoms with van der Waals surface area (Å²) in [6.45, 7) is 7.62. The van der Waals surface area contributed by atoms with Crippen LogP contribution >= 0.6 is 7.14 Å². The van der Waals surface area contributed by atoms with E-state index in [2.05, 4.69) is 5.92 Å². The van der Waals surface area contributed by atoms with Crippen LogP contribution < -0.4 is 0 Å². The van der Waals surface area contributed by atoms with Crippen molar-refractivity contribution < 1.29 is 9.30 Å². The topological polar surface area (TPSA) is 26.3 Å². The number of ether oxygens (including phenoxy) is 1. The van der Waals surface area contributed by atoms with Gasteiger partial charge in [-0.2, -0.15) is 0 Å². The summed E-state index contributed by atoms with van der Waals surface area (Å²) in [7, 11) is -1.96. The highest BCUT2D eigenvalue weighted by Crippen LogP contribution is 2.35. The second-order valence-corrected chi connectivity index (χ2v) is 7.40. The van der Waals surface area contributed by atoms with Crippen molar-refractivity contribution in [2.24, 2.45) is 0 Å². The highest BCUT2D eigenvalue weighted by Gasteiger charge is 2.15. The van der Waals surface area contributed by atoms with Gasteiger partial charge in [0.2, 0.25) is 0 Å². The SMILES string of the molecule is C#CC(C)(C)OCCP(C)(C)=O. The summed E-state index contributed by atoms with van der Waals surface area (Å²) in [5.41, 5.74) is -0.533. The smallest absolute Gasteiger partial charge is 0.122 e. The molecule has 0 spiro atoms. The molecule has 0 atom stereocenters. The molecule has 3 heteroatoms. The van der Waals surface area contributed by atoms with E-state index in [9.17, 15) is 4.57 Å². The van der Waals surface area contributed by atoms with E-state index in [1.54, 1.807) is 13.3 Å². The molecule has 0 heterocycles. The third-order valence-corrected chi connectivity index (χ3v) is 2.70. The lowest BCUT2D eigenvalue weighted by atomic mass is 10.1. The van der Waals surface area contributed by atoms with E-state index in [-0.39, 0.29) is 0 Å². The first-order valence-electron chi connectivity index (χ1n) is 3.92. The van der Waals surface area contributed by atoms with Gasteiger partial charge in [0.25, 0.3) is 0 Å². The molecule has 0 fully saturated rings. The Morgan fingerprint density at radius 3 is 2.33 bits per heavy atom. The molecule has 0 rings (SSSR count). The molecule has 70 valence electrons. The number of hydrogen-bond donors (Lipinski definition) is 0. The largest absolute Gasteiger partial charge is 0.362 e. The molecule has 0 N–H and O–H groups in total. The number of hydrogen-bond acceptors (Lipinski definition) is 2. The second kappa shape index (κ2) is 4.12. The monoisotopic (exact) mass is 188 g/mol. The Kier molecular flexibility index (Phi) is 4.03. The zero-order chi connectivity index (χ0) is 9.83. The Morgan fingerprint density at radius 2 is 2.00 bits per heavy atom. The first-order chi connectivity index (χ1) is 5.27. The van der Waals surface area contributed by atoms with Crippen LogP contribution in [0.1, 0.15) is 13.8 Å². The number of terminal acetylenes is 1. The summed E-state index contributed by atoms with van der Waals surface area (Å²) in [6.07, 6.45) is 5.81. The molecular weight excluding hydrogens is 171 g/mol. The van der Waals surface area contributed by atoms with Gasteiger partial charge in [-0.3, -0.25) is 0 Å². The predicted octanol–water partition coefficient (Wildman–Crippen LogP) is 2.04. The molecule has 0 radical (unpaired) electrons. The van der Waals surface area contributed by atoms with Crippen LogP contribution in [0.2, 0.25) is 0 Å². The maximum Gasteiger partial charge on any atom is 0.122 e. The first kappa shape index (κ1) is 11.8. The molecule has 0 aromatic carbocycles. The van der Waals surface area contributed by atoms with Crippen molar-refractivity contribution in [3.8, 4) is 12.3 Å². The van der Waals surface area contributed by atoms with Crippen molar-refractivity contribution in [2.45, 2.75) is 19.4 Å². The van der Waals surface area contributed by atoms with E-state index in [1.807, 2.05) is 13.8 Å². The number of rotatable bonds is 4. The van der Waals surface area contributed by atoms with Crippen molar-refractivity contribution in [2.75, 3.05) is 26.1 Å². The normalized spacial score (nSPS) is 12.6. The van der Waals surface area contributed by atoms with Crippen LogP contribution in [0.5, 0.6) is 0 Å². The third-order valence-electron chi connectivity index (χ3n) is 1.44. The van der Waals surface area contributed by atoms with E-state index in [0.29, 0.717) is 12.8 Å². The predicted molar refractivity (Wildman–Crippen MR) is 53.2 cm³/mol. The maximum atomic E-state index is 11.3. The van der Waals surface area contributed by atoms with Crippen LogP contribution in [0.15, 0.2) is 0 Å². The molecule has 0 saturated carbocycles. The molecule has 0 aromatic heterocycles. The Balaban J connectivity index is 3.74. The van der Waals surface area contributed by atoms with Gasteiger partial charge in [-0.05, 0) is 27.2 Å². The van der Waals surface area contributed by atoms with E-state index in [1.165, 1.54) is 0 Å². The molecular formula is C9H17O2P. The lowest BCUT2D eigenvalue weighted by Gasteiger charge is -2.19. The van der Waals surface area contributed by atoms with Crippen LogP contribution in [0.3, 0.4) is 0 Å². The molecule has 0 aromatic rings. The van der Waals surface area contributed by atoms with Gasteiger partial charge in [-0.25, -0.2) is 0 Å². The fourth-order valence-electron chi connectivity index (χ4n) is 0.562. The van der Waals surface area contributed by atoms with Gasteiger partial charge in [-0.15, -0.1) is 6.42 Å². The molecule has 0 amide bonds. The summed E-state index contributed by atoms with van der Waals surface area (Å²) in [5.74, 6) is 2.52. The summed E-state index contributed by atoms with van der Waals surface area (Å²) >= 11 is 0. The molecule has 0 saturated heterocycles. The maximum absolute atomic E-state index is 11.3. The molecule has 0 aliphatic carbocycles. The van der Waals surface area contributed by atoms with Crippen LogP contribution in [-0.4, -0.2) is 31.7 Å². The zero-order valence-corrected chi connectivity index (χ0v) is 9.15. The minimum absolute atomic E-state index is 0.474. The minimum atomic E-state index is -1.96. The van der Waals surface area contributed by atoms with Crippen molar-refractivity contribution in [1.29, 1.82) is 0 Å². The Hall–Kier alpha value is -0.250. The fraction of sp³-hybridized carbons (Fsp3) is 0.778. The summed E-state index contributed by atoms with van der Waals surface area (Å²) < 4.78 is 16.6. The van der Waals surface area contributed by atoms with Crippen molar-refractivity contribution in [3.63, 3.8) is 0 Å². The summed E-state index contributed by atoms with van der Waals surface area (Å²) in [6, 6.07) is 0. The molecule has 0 unspecified atom stereocenters.